The number of carbonyl (C=O) groups is 1. The topological polar surface area (TPSA) is 66.1 Å². The third kappa shape index (κ3) is 3.82. The molecule has 11 heteroatoms. The second kappa shape index (κ2) is 7.49. The third-order valence-electron chi connectivity index (χ3n) is 3.38. The van der Waals surface area contributed by atoms with Gasteiger partial charge in [0.1, 0.15) is 16.9 Å². The first kappa shape index (κ1) is 19.3. The summed E-state index contributed by atoms with van der Waals surface area (Å²) in [5.41, 5.74) is -1.38. The van der Waals surface area contributed by atoms with Crippen LogP contribution in [0.2, 0.25) is 5.02 Å². The summed E-state index contributed by atoms with van der Waals surface area (Å²) in [6, 6.07) is 2.01. The van der Waals surface area contributed by atoms with E-state index < -0.39 is 29.4 Å². The predicted molar refractivity (Wildman–Crippen MR) is 84.1 cm³/mol. The van der Waals surface area contributed by atoms with Crippen molar-refractivity contribution in [1.82, 2.24) is 14.3 Å². The van der Waals surface area contributed by atoms with Crippen molar-refractivity contribution in [3.63, 3.8) is 0 Å². The molecule has 0 saturated heterocycles. The molecule has 2 rings (SSSR count). The second-order valence-corrected chi connectivity index (χ2v) is 5.91. The highest BCUT2D eigenvalue weighted by Crippen LogP contribution is 2.25. The highest BCUT2D eigenvalue weighted by Gasteiger charge is 2.23. The lowest BCUT2D eigenvalue weighted by molar-refractivity contribution is -0.140. The van der Waals surface area contributed by atoms with E-state index >= 15 is 0 Å². The normalized spacial score (nSPS) is 12.5. The summed E-state index contributed by atoms with van der Waals surface area (Å²) in [4.78, 5) is 23.4. The summed E-state index contributed by atoms with van der Waals surface area (Å²) in [7, 11) is 1.15. The molecular weight excluding hydrogens is 386 g/mol. The molecule has 0 saturated carbocycles. The quantitative estimate of drug-likeness (QED) is 0.574. The van der Waals surface area contributed by atoms with Crippen molar-refractivity contribution < 1.29 is 22.7 Å². The van der Waals surface area contributed by atoms with Gasteiger partial charge in [-0.2, -0.15) is 13.5 Å². The van der Waals surface area contributed by atoms with Gasteiger partial charge < -0.3 is 4.74 Å². The molecule has 136 valence electrons. The number of halogens is 5. The molecule has 6 nitrogen and oxygen atoms in total. The minimum absolute atomic E-state index is 0.0473. The van der Waals surface area contributed by atoms with Crippen molar-refractivity contribution in [3.8, 4) is 5.69 Å². The number of aryl methyl sites for hydroxylation is 1. The van der Waals surface area contributed by atoms with E-state index in [0.717, 1.165) is 19.2 Å². The number of hydrogen-bond donors (Lipinski definition) is 0. The van der Waals surface area contributed by atoms with Gasteiger partial charge in [0.05, 0.1) is 7.11 Å². The molecule has 0 fully saturated rings. The molecule has 1 aromatic heterocycles. The Labute approximate surface area is 149 Å². The molecule has 0 bridgehead atoms. The average molecular weight is 398 g/mol. The van der Waals surface area contributed by atoms with Gasteiger partial charge in [-0.25, -0.2) is 13.8 Å². The molecule has 2 aromatic rings. The Morgan fingerprint density at radius 2 is 2.04 bits per heavy atom. The number of nitrogens with zero attached hydrogens (tertiary/aromatic N) is 3. The van der Waals surface area contributed by atoms with Crippen LogP contribution in [0.15, 0.2) is 16.9 Å². The molecule has 1 heterocycles. The highest BCUT2D eigenvalue weighted by molar-refractivity contribution is 6.32. The van der Waals surface area contributed by atoms with E-state index in [-0.39, 0.29) is 33.1 Å². The van der Waals surface area contributed by atoms with Gasteiger partial charge in [-0.3, -0.25) is 4.79 Å². The molecule has 0 amide bonds. The Morgan fingerprint density at radius 3 is 2.56 bits per heavy atom. The zero-order valence-electron chi connectivity index (χ0n) is 13.0. The first-order valence-corrected chi connectivity index (χ1v) is 7.65. The Balaban J connectivity index is 2.53. The van der Waals surface area contributed by atoms with Gasteiger partial charge in [0.15, 0.2) is 5.82 Å². The van der Waals surface area contributed by atoms with E-state index in [2.05, 4.69) is 9.84 Å². The van der Waals surface area contributed by atoms with E-state index in [1.807, 2.05) is 0 Å². The highest BCUT2D eigenvalue weighted by atomic mass is 35.5. The van der Waals surface area contributed by atoms with E-state index in [1.54, 1.807) is 0 Å². The lowest BCUT2D eigenvalue weighted by Gasteiger charge is -2.11. The van der Waals surface area contributed by atoms with E-state index in [9.17, 15) is 22.8 Å². The van der Waals surface area contributed by atoms with Crippen molar-refractivity contribution in [2.24, 2.45) is 0 Å². The molecule has 25 heavy (non-hydrogen) atoms. The molecule has 1 aromatic carbocycles. The fourth-order valence-corrected chi connectivity index (χ4v) is 2.64. The standard InChI is InChI=1S/C14H12Cl2F3N3O3/c1-6-20-22(14(24)21(6)13(18)19)11-4-7(8(15)5-10(11)17)3-9(16)12(23)25-2/h4-5,9,13H,3H2,1-2H3. The SMILES string of the molecule is COC(=O)C(Cl)Cc1cc(-n2nc(C)n(C(F)F)c2=O)c(F)cc1Cl. The van der Waals surface area contributed by atoms with Crippen LogP contribution in [-0.2, 0) is 16.0 Å². The van der Waals surface area contributed by atoms with Crippen molar-refractivity contribution in [2.45, 2.75) is 25.3 Å². The molecule has 0 spiro atoms. The summed E-state index contributed by atoms with van der Waals surface area (Å²) >= 11 is 11.8. The minimum atomic E-state index is -3.12. The number of rotatable bonds is 5. The largest absolute Gasteiger partial charge is 0.468 e. The summed E-state index contributed by atoms with van der Waals surface area (Å²) in [5, 5.41) is 2.50. The van der Waals surface area contributed by atoms with Gasteiger partial charge in [-0.15, -0.1) is 16.7 Å². The zero-order valence-corrected chi connectivity index (χ0v) is 14.5. The molecule has 0 aliphatic rings. The summed E-state index contributed by atoms with van der Waals surface area (Å²) in [6.45, 7) is -1.94. The smallest absolute Gasteiger partial charge is 0.355 e. The minimum Gasteiger partial charge on any atom is -0.468 e. The number of ether oxygens (including phenoxy) is 1. The maximum Gasteiger partial charge on any atom is 0.355 e. The Hall–Kier alpha value is -2.00. The first-order valence-electron chi connectivity index (χ1n) is 6.83. The van der Waals surface area contributed by atoms with Gasteiger partial charge in [0, 0.05) is 11.4 Å². The third-order valence-corrected chi connectivity index (χ3v) is 4.06. The second-order valence-electron chi connectivity index (χ2n) is 4.98. The number of methoxy groups -OCH3 is 1. The van der Waals surface area contributed by atoms with Crippen LogP contribution in [-0.4, -0.2) is 32.8 Å². The van der Waals surface area contributed by atoms with Gasteiger partial charge in [-0.1, -0.05) is 11.6 Å². The van der Waals surface area contributed by atoms with Crippen LogP contribution in [0.4, 0.5) is 13.2 Å². The summed E-state index contributed by atoms with van der Waals surface area (Å²) in [5.74, 6) is -1.96. The van der Waals surface area contributed by atoms with Crippen LogP contribution >= 0.6 is 23.2 Å². The Kier molecular flexibility index (Phi) is 5.79. The van der Waals surface area contributed by atoms with E-state index in [1.165, 1.54) is 6.92 Å². The maximum atomic E-state index is 14.2. The molecule has 1 atom stereocenters. The number of carbonyl (C=O) groups excluding carboxylic acids is 1. The van der Waals surface area contributed by atoms with Crippen LogP contribution in [0.1, 0.15) is 17.9 Å². The number of hydrogen-bond acceptors (Lipinski definition) is 4. The summed E-state index contributed by atoms with van der Waals surface area (Å²) < 4.78 is 45.1. The lowest BCUT2D eigenvalue weighted by atomic mass is 10.1. The van der Waals surface area contributed by atoms with Crippen molar-refractivity contribution in [3.05, 3.63) is 44.8 Å². The van der Waals surface area contributed by atoms with Crippen LogP contribution in [0, 0.1) is 12.7 Å². The van der Waals surface area contributed by atoms with Crippen LogP contribution in [0.25, 0.3) is 5.69 Å². The molecule has 0 N–H and O–H groups in total. The average Bonchev–Trinajstić information content (AvgIpc) is 2.83. The van der Waals surface area contributed by atoms with Gasteiger partial charge >= 0.3 is 18.2 Å². The monoisotopic (exact) mass is 397 g/mol. The van der Waals surface area contributed by atoms with Gasteiger partial charge in [-0.05, 0) is 24.6 Å². The Morgan fingerprint density at radius 1 is 1.40 bits per heavy atom. The van der Waals surface area contributed by atoms with Gasteiger partial charge in [0.25, 0.3) is 0 Å². The Bertz CT molecular complexity index is 867. The van der Waals surface area contributed by atoms with Crippen LogP contribution in [0.3, 0.4) is 0 Å². The van der Waals surface area contributed by atoms with Gasteiger partial charge in [0.2, 0.25) is 0 Å². The maximum absolute atomic E-state index is 14.2. The zero-order chi connectivity index (χ0) is 18.9. The van der Waals surface area contributed by atoms with Crippen molar-refractivity contribution >= 4 is 29.2 Å². The lowest BCUT2D eigenvalue weighted by Crippen LogP contribution is -2.25. The van der Waals surface area contributed by atoms with E-state index in [0.29, 0.717) is 4.68 Å². The van der Waals surface area contributed by atoms with Crippen LogP contribution < -0.4 is 5.69 Å². The number of aromatic nitrogens is 3. The van der Waals surface area contributed by atoms with E-state index in [4.69, 9.17) is 23.2 Å². The molecule has 0 aliphatic carbocycles. The molecular formula is C14H12Cl2F3N3O3. The number of benzene rings is 1. The van der Waals surface area contributed by atoms with Crippen LogP contribution in [0.5, 0.6) is 0 Å². The first-order chi connectivity index (χ1) is 11.7. The predicted octanol–water partition coefficient (Wildman–Crippen LogP) is 2.85. The molecule has 0 aliphatic heterocycles. The molecule has 1 unspecified atom stereocenters. The summed E-state index contributed by atoms with van der Waals surface area (Å²) in [6.07, 6.45) is -0.121. The number of esters is 1. The van der Waals surface area contributed by atoms with Crippen molar-refractivity contribution in [2.75, 3.05) is 7.11 Å². The fourth-order valence-electron chi connectivity index (χ4n) is 2.16. The van der Waals surface area contributed by atoms with Crippen molar-refractivity contribution in [1.29, 1.82) is 0 Å². The fraction of sp³-hybridized carbons (Fsp3) is 0.357. The molecule has 0 radical (unpaired) electrons. The number of alkyl halides is 3.